The highest BCUT2D eigenvalue weighted by Gasteiger charge is 2.60. The molecule has 1 heterocycles. The topological polar surface area (TPSA) is 18.5 Å². The van der Waals surface area contributed by atoms with Gasteiger partial charge in [-0.1, -0.05) is 89.1 Å². The fraction of sp³-hybridized carbons (Fsp3) is 0.892. The van der Waals surface area contributed by atoms with Crippen LogP contribution in [0.5, 0.6) is 0 Å². The maximum atomic E-state index is 6.90. The second kappa shape index (κ2) is 11.9. The first kappa shape index (κ1) is 32.3. The van der Waals surface area contributed by atoms with E-state index < -0.39 is 5.69 Å². The Morgan fingerprint density at radius 2 is 1.86 bits per heavy atom. The van der Waals surface area contributed by atoms with E-state index in [1.54, 1.807) is 5.57 Å². The smallest absolute Gasteiger partial charge is 0.248 e. The van der Waals surface area contributed by atoms with E-state index in [1.807, 2.05) is 11.4 Å². The summed E-state index contributed by atoms with van der Waals surface area (Å²) in [6.07, 6.45) is 21.2. The average Bonchev–Trinajstić information content (AvgIpc) is 3.40. The van der Waals surface area contributed by atoms with E-state index in [4.69, 9.17) is 20.9 Å². The first-order valence-corrected chi connectivity index (χ1v) is 21.9. The van der Waals surface area contributed by atoms with Crippen molar-refractivity contribution in [3.63, 3.8) is 0 Å². The Kier molecular flexibility index (Phi) is 9.15. The van der Waals surface area contributed by atoms with Crippen LogP contribution in [0.2, 0.25) is 0 Å². The molecule has 238 valence electrons. The first-order valence-electron chi connectivity index (χ1n) is 17.8. The van der Waals surface area contributed by atoms with E-state index in [9.17, 15) is 0 Å². The van der Waals surface area contributed by atoms with Gasteiger partial charge in [0.2, 0.25) is 5.69 Å². The zero-order valence-corrected chi connectivity index (χ0v) is 30.5. The van der Waals surface area contributed by atoms with Crippen LogP contribution in [0.25, 0.3) is 0 Å². The van der Waals surface area contributed by atoms with Crippen LogP contribution < -0.4 is 0 Å². The average molecular weight is 633 g/mol. The summed E-state index contributed by atoms with van der Waals surface area (Å²) in [4.78, 5) is 0. The summed E-state index contributed by atoms with van der Waals surface area (Å²) in [5, 5.41) is 0.451. The summed E-state index contributed by atoms with van der Waals surface area (Å²) in [5.74, 6) is 5.94. The van der Waals surface area contributed by atoms with Crippen LogP contribution in [0.15, 0.2) is 23.8 Å². The van der Waals surface area contributed by atoms with Crippen molar-refractivity contribution in [2.75, 3.05) is 0 Å². The molecule has 0 N–H and O–H groups in total. The molecule has 0 aromatic heterocycles. The highest BCUT2D eigenvalue weighted by molar-refractivity contribution is 8.68. The van der Waals surface area contributed by atoms with Gasteiger partial charge in [0.1, 0.15) is 0 Å². The first-order chi connectivity index (χ1) is 19.8. The van der Waals surface area contributed by atoms with Crippen molar-refractivity contribution >= 4 is 28.9 Å². The molecule has 42 heavy (non-hydrogen) atoms. The summed E-state index contributed by atoms with van der Waals surface area (Å²) in [6.45, 7) is 21.5. The zero-order valence-electron chi connectivity index (χ0n) is 28.0. The molecule has 5 aliphatic carbocycles. The molecule has 12 atom stereocenters. The number of allylic oxidation sites excluding steroid dienone is 2. The standard InChI is InChI=1S/C37H61O2PS2/c1-24(2)10-9-11-26(5)31-14-15-32-30-13-12-28-23-29(17-19-35(28,6)33(30)18-20-36(31,32)7)38-40(41)39-37(8)21-16-27(25(3)4)22-34(37)42-40/h12,24,26-27,29-34H,3,9-11,13-23H2,1-2,4-8H3/t26-,27+,29+,30+,31-,32?,33?,34?,35+,36-,37-,40?/m1/s1. The summed E-state index contributed by atoms with van der Waals surface area (Å²) in [7, 11) is 0. The Balaban J connectivity index is 1.10. The second-order valence-electron chi connectivity index (χ2n) is 17.0. The molecule has 1 aliphatic heterocycles. The lowest BCUT2D eigenvalue weighted by Crippen LogP contribution is -2.50. The molecule has 0 aromatic carbocycles. The molecule has 2 nitrogen and oxygen atoms in total. The van der Waals surface area contributed by atoms with Crippen molar-refractivity contribution in [2.24, 2.45) is 52.3 Å². The molecule has 1 saturated heterocycles. The van der Waals surface area contributed by atoms with E-state index in [1.165, 1.54) is 69.8 Å². The summed E-state index contributed by atoms with van der Waals surface area (Å²) in [6, 6.07) is 0. The summed E-state index contributed by atoms with van der Waals surface area (Å²) in [5.41, 5.74) is 1.50. The molecule has 6 aliphatic rings. The van der Waals surface area contributed by atoms with Crippen LogP contribution in [-0.4, -0.2) is 17.0 Å². The van der Waals surface area contributed by atoms with Gasteiger partial charge >= 0.3 is 0 Å². The van der Waals surface area contributed by atoms with Gasteiger partial charge in [0, 0.05) is 5.25 Å². The van der Waals surface area contributed by atoms with Gasteiger partial charge in [-0.25, -0.2) is 0 Å². The maximum absolute atomic E-state index is 6.90. The van der Waals surface area contributed by atoms with Crippen LogP contribution >= 0.6 is 17.1 Å². The highest BCUT2D eigenvalue weighted by Crippen LogP contribution is 2.76. The maximum Gasteiger partial charge on any atom is 0.248 e. The van der Waals surface area contributed by atoms with Gasteiger partial charge in [0.15, 0.2) is 0 Å². The Morgan fingerprint density at radius 3 is 2.60 bits per heavy atom. The van der Waals surface area contributed by atoms with E-state index in [-0.39, 0.29) is 11.7 Å². The summed E-state index contributed by atoms with van der Waals surface area (Å²) < 4.78 is 13.7. The number of hydrogen-bond acceptors (Lipinski definition) is 4. The summed E-state index contributed by atoms with van der Waals surface area (Å²) >= 11 is 8.12. The lowest BCUT2D eigenvalue weighted by molar-refractivity contribution is -0.0563. The predicted molar refractivity (Wildman–Crippen MR) is 185 cm³/mol. The SMILES string of the molecule is C=C(C)[C@H]1CC[C@@]2(C)OP(=S)(O[C@H]3CC[C@@]4(C)C(=CC[C@@H]5C4CC[C@@]4(C)C5CC[C@@H]4[C@H](C)CCCC(C)C)C3)SC2C1. The molecule has 6 rings (SSSR count). The minimum atomic E-state index is -2.33. The van der Waals surface area contributed by atoms with Gasteiger partial charge in [-0.3, -0.25) is 0 Å². The van der Waals surface area contributed by atoms with Gasteiger partial charge in [-0.05, 0) is 149 Å². The predicted octanol–water partition coefficient (Wildman–Crippen LogP) is 11.9. The van der Waals surface area contributed by atoms with E-state index in [0.29, 0.717) is 22.0 Å². The van der Waals surface area contributed by atoms with Crippen molar-refractivity contribution in [1.29, 1.82) is 0 Å². The number of rotatable bonds is 8. The minimum Gasteiger partial charge on any atom is -0.318 e. The van der Waals surface area contributed by atoms with Crippen molar-refractivity contribution in [3.05, 3.63) is 23.8 Å². The van der Waals surface area contributed by atoms with Crippen molar-refractivity contribution in [1.82, 2.24) is 0 Å². The minimum absolute atomic E-state index is 0.119. The third-order valence-electron chi connectivity index (χ3n) is 14.0. The van der Waals surface area contributed by atoms with Crippen molar-refractivity contribution in [3.8, 4) is 0 Å². The van der Waals surface area contributed by atoms with Crippen molar-refractivity contribution in [2.45, 2.75) is 155 Å². The van der Waals surface area contributed by atoms with Crippen LogP contribution in [0.3, 0.4) is 0 Å². The molecule has 5 fully saturated rings. The molecule has 0 bridgehead atoms. The molecule has 5 heteroatoms. The molecular formula is C37H61O2PS2. The zero-order chi connectivity index (χ0) is 30.1. The lowest BCUT2D eigenvalue weighted by atomic mass is 9.47. The van der Waals surface area contributed by atoms with Gasteiger partial charge < -0.3 is 9.05 Å². The van der Waals surface area contributed by atoms with Crippen LogP contribution in [0.4, 0.5) is 0 Å². The fourth-order valence-electron chi connectivity index (χ4n) is 11.4. The molecule has 0 spiro atoms. The van der Waals surface area contributed by atoms with E-state index >= 15 is 0 Å². The Hall–Kier alpha value is 0.400. The molecule has 0 amide bonds. The van der Waals surface area contributed by atoms with Crippen LogP contribution in [-0.2, 0) is 20.9 Å². The van der Waals surface area contributed by atoms with Crippen molar-refractivity contribution < 1.29 is 9.05 Å². The van der Waals surface area contributed by atoms with Gasteiger partial charge in [-0.2, -0.15) is 0 Å². The molecule has 0 aromatic rings. The van der Waals surface area contributed by atoms with Gasteiger partial charge in [-0.15, -0.1) is 0 Å². The Labute approximate surface area is 268 Å². The number of fused-ring (bicyclic) bond motifs is 6. The monoisotopic (exact) mass is 632 g/mol. The molecule has 4 unspecified atom stereocenters. The number of hydrogen-bond donors (Lipinski definition) is 0. The lowest BCUT2D eigenvalue weighted by Gasteiger charge is -2.58. The van der Waals surface area contributed by atoms with Gasteiger partial charge in [0.25, 0.3) is 0 Å². The van der Waals surface area contributed by atoms with E-state index in [2.05, 4.69) is 61.1 Å². The Morgan fingerprint density at radius 1 is 1.07 bits per heavy atom. The van der Waals surface area contributed by atoms with Crippen LogP contribution in [0.1, 0.15) is 138 Å². The Bertz CT molecular complexity index is 1120. The second-order valence-corrected chi connectivity index (χ2v) is 23.3. The largest absolute Gasteiger partial charge is 0.318 e. The quantitative estimate of drug-likeness (QED) is 0.196. The molecule has 4 saturated carbocycles. The van der Waals surface area contributed by atoms with Crippen LogP contribution in [0, 0.1) is 52.3 Å². The highest BCUT2D eigenvalue weighted by atomic mass is 32.9. The third kappa shape index (κ3) is 5.75. The fourth-order valence-corrected chi connectivity index (χ4v) is 18.7. The molecule has 0 radical (unpaired) electrons. The normalized spacial score (nSPS) is 49.0. The van der Waals surface area contributed by atoms with Gasteiger partial charge in [0.05, 0.1) is 11.7 Å². The molecular weight excluding hydrogens is 572 g/mol. The van der Waals surface area contributed by atoms with E-state index in [0.717, 1.165) is 61.2 Å². The third-order valence-corrected chi connectivity index (χ3v) is 19.7.